The van der Waals surface area contributed by atoms with Gasteiger partial charge >= 0.3 is 0 Å². The highest BCUT2D eigenvalue weighted by Crippen LogP contribution is 2.43. The van der Waals surface area contributed by atoms with Crippen molar-refractivity contribution in [2.75, 3.05) is 0 Å². The lowest BCUT2D eigenvalue weighted by atomic mass is 9.77. The lowest BCUT2D eigenvalue weighted by Crippen LogP contribution is -2.38. The largest absolute Gasteiger partial charge is 0.239 e. The zero-order valence-electron chi connectivity index (χ0n) is 19.0. The summed E-state index contributed by atoms with van der Waals surface area (Å²) in [4.78, 5) is 13.7. The van der Waals surface area contributed by atoms with Gasteiger partial charge in [0, 0.05) is 6.20 Å². The van der Waals surface area contributed by atoms with Crippen LogP contribution in [0.3, 0.4) is 0 Å². The predicted octanol–water partition coefficient (Wildman–Crippen LogP) is 7.14. The lowest BCUT2D eigenvalue weighted by Gasteiger charge is -2.36. The number of nitrogens with zero attached hydrogens (tertiary/aromatic N) is 5. The van der Waals surface area contributed by atoms with E-state index >= 15 is 0 Å². The van der Waals surface area contributed by atoms with E-state index in [9.17, 15) is 0 Å². The van der Waals surface area contributed by atoms with Crippen LogP contribution in [-0.4, -0.2) is 24.7 Å². The number of benzene rings is 3. The molecule has 6 rings (SSSR count). The van der Waals surface area contributed by atoms with Crippen LogP contribution in [0.2, 0.25) is 5.28 Å². The zero-order chi connectivity index (χ0) is 24.5. The highest BCUT2D eigenvalue weighted by atomic mass is 79.9. The van der Waals surface area contributed by atoms with E-state index in [1.54, 1.807) is 6.20 Å². The van der Waals surface area contributed by atoms with Crippen molar-refractivity contribution in [2.24, 2.45) is 0 Å². The average Bonchev–Trinajstić information content (AvgIpc) is 3.30. The maximum atomic E-state index is 6.37. The predicted molar refractivity (Wildman–Crippen MR) is 146 cm³/mol. The molecule has 0 radical (unpaired) electrons. The lowest BCUT2D eigenvalue weighted by molar-refractivity contribution is 0.473. The summed E-state index contributed by atoms with van der Waals surface area (Å²) in [6.45, 7) is 0. The van der Waals surface area contributed by atoms with Crippen molar-refractivity contribution in [3.05, 3.63) is 142 Å². The molecule has 6 aromatic rings. The van der Waals surface area contributed by atoms with E-state index in [1.807, 2.05) is 77.5 Å². The summed E-state index contributed by atoms with van der Waals surface area (Å²) < 4.78 is 2.69. The fourth-order valence-corrected chi connectivity index (χ4v) is 5.22. The van der Waals surface area contributed by atoms with E-state index in [2.05, 4.69) is 62.3 Å². The van der Waals surface area contributed by atoms with Crippen molar-refractivity contribution in [1.29, 1.82) is 0 Å². The number of halogens is 2. The molecule has 3 aromatic carbocycles. The normalized spacial score (nSPS) is 11.6. The van der Waals surface area contributed by atoms with Gasteiger partial charge in [-0.3, -0.25) is 0 Å². The number of hydrogen-bond donors (Lipinski definition) is 0. The minimum Gasteiger partial charge on any atom is -0.239 e. The summed E-state index contributed by atoms with van der Waals surface area (Å²) in [6, 6.07) is 36.8. The maximum Gasteiger partial charge on any atom is 0.224 e. The molecule has 0 fully saturated rings. The quantitative estimate of drug-likeness (QED) is 0.130. The van der Waals surface area contributed by atoms with Crippen LogP contribution < -0.4 is 0 Å². The summed E-state index contributed by atoms with van der Waals surface area (Å²) in [6.07, 6.45) is 1.72. The number of aromatic nitrogens is 5. The van der Waals surface area contributed by atoms with Crippen LogP contribution in [-0.2, 0) is 5.54 Å². The molecule has 3 aromatic heterocycles. The van der Waals surface area contributed by atoms with E-state index in [0.717, 1.165) is 26.7 Å². The second-order valence-corrected chi connectivity index (χ2v) is 9.44. The third kappa shape index (κ3) is 3.70. The molecule has 0 spiro atoms. The monoisotopic (exact) mass is 551 g/mol. The second-order valence-electron chi connectivity index (χ2n) is 8.29. The Morgan fingerprint density at radius 3 is 1.75 bits per heavy atom. The fraction of sp³-hybridized carbons (Fsp3) is 0.0345. The molecule has 0 unspecified atom stereocenters. The molecule has 0 N–H and O–H groups in total. The number of fused-ring (bicyclic) bond motifs is 1. The Hall–Kier alpha value is -3.87. The van der Waals surface area contributed by atoms with Gasteiger partial charge in [-0.25, -0.2) is 14.6 Å². The van der Waals surface area contributed by atoms with E-state index in [-0.39, 0.29) is 5.28 Å². The van der Waals surface area contributed by atoms with Crippen molar-refractivity contribution in [3.63, 3.8) is 0 Å². The van der Waals surface area contributed by atoms with Gasteiger partial charge in [0.15, 0.2) is 5.65 Å². The molecule has 0 aliphatic carbocycles. The van der Waals surface area contributed by atoms with Gasteiger partial charge in [-0.05, 0) is 56.4 Å². The zero-order valence-corrected chi connectivity index (χ0v) is 21.3. The Morgan fingerprint density at radius 1 is 0.667 bits per heavy atom. The fourth-order valence-electron chi connectivity index (χ4n) is 4.75. The standard InChI is InChI=1S/C29H19BrClN5/c30-25-18-10-17-24(33-25)26-23-19-32-28(31)34-27(23)36(35-26)29(20-11-4-1-5-12-20,21-13-6-2-7-14-21)22-15-8-3-9-16-22/h1-19H. The van der Waals surface area contributed by atoms with Crippen LogP contribution in [0.1, 0.15) is 16.7 Å². The molecule has 7 heteroatoms. The van der Waals surface area contributed by atoms with Gasteiger partial charge < -0.3 is 0 Å². The van der Waals surface area contributed by atoms with Gasteiger partial charge in [0.05, 0.1) is 11.1 Å². The summed E-state index contributed by atoms with van der Waals surface area (Å²) in [7, 11) is 0. The van der Waals surface area contributed by atoms with Crippen molar-refractivity contribution in [3.8, 4) is 11.4 Å². The average molecular weight is 553 g/mol. The first-order chi connectivity index (χ1) is 17.7. The molecule has 0 atom stereocenters. The van der Waals surface area contributed by atoms with Crippen molar-refractivity contribution in [2.45, 2.75) is 5.54 Å². The summed E-state index contributed by atoms with van der Waals surface area (Å²) in [5, 5.41) is 6.13. The highest BCUT2D eigenvalue weighted by molar-refractivity contribution is 9.10. The van der Waals surface area contributed by atoms with Crippen LogP contribution in [0.4, 0.5) is 0 Å². The molecule has 0 saturated heterocycles. The van der Waals surface area contributed by atoms with Crippen molar-refractivity contribution >= 4 is 38.6 Å². The molecule has 0 bridgehead atoms. The van der Waals surface area contributed by atoms with Gasteiger partial charge in [0.1, 0.15) is 15.8 Å². The molecule has 36 heavy (non-hydrogen) atoms. The van der Waals surface area contributed by atoms with Crippen LogP contribution in [0, 0.1) is 0 Å². The Kier molecular flexibility index (Phi) is 5.83. The minimum absolute atomic E-state index is 0.153. The summed E-state index contributed by atoms with van der Waals surface area (Å²) in [5.41, 5.74) is 4.27. The number of hydrogen-bond acceptors (Lipinski definition) is 4. The molecule has 5 nitrogen and oxygen atoms in total. The van der Waals surface area contributed by atoms with Crippen LogP contribution in [0.25, 0.3) is 22.4 Å². The topological polar surface area (TPSA) is 56.5 Å². The molecule has 0 aliphatic heterocycles. The van der Waals surface area contributed by atoms with Gasteiger partial charge in [-0.15, -0.1) is 0 Å². The number of pyridine rings is 1. The Balaban J connectivity index is 1.80. The first-order valence-corrected chi connectivity index (χ1v) is 12.6. The van der Waals surface area contributed by atoms with Crippen LogP contribution >= 0.6 is 27.5 Å². The maximum absolute atomic E-state index is 6.37. The second kappa shape index (κ2) is 9.30. The van der Waals surface area contributed by atoms with E-state index in [1.165, 1.54) is 0 Å². The number of rotatable bonds is 5. The molecular weight excluding hydrogens is 534 g/mol. The van der Waals surface area contributed by atoms with Crippen molar-refractivity contribution in [1.82, 2.24) is 24.7 Å². The highest BCUT2D eigenvalue weighted by Gasteiger charge is 2.41. The molecule has 0 aliphatic rings. The third-order valence-corrected chi connectivity index (χ3v) is 6.87. The van der Waals surface area contributed by atoms with E-state index < -0.39 is 5.54 Å². The first-order valence-electron chi connectivity index (χ1n) is 11.4. The Bertz CT molecular complexity index is 1560. The summed E-state index contributed by atoms with van der Waals surface area (Å²) >= 11 is 9.87. The molecule has 0 amide bonds. The van der Waals surface area contributed by atoms with Gasteiger partial charge in [0.25, 0.3) is 0 Å². The van der Waals surface area contributed by atoms with E-state index in [4.69, 9.17) is 21.7 Å². The Labute approximate surface area is 221 Å². The third-order valence-electron chi connectivity index (χ3n) is 6.25. The van der Waals surface area contributed by atoms with Crippen LogP contribution in [0.5, 0.6) is 0 Å². The molecular formula is C29H19BrClN5. The summed E-state index contributed by atoms with van der Waals surface area (Å²) in [5.74, 6) is 0. The van der Waals surface area contributed by atoms with Gasteiger partial charge in [-0.1, -0.05) is 97.1 Å². The molecule has 3 heterocycles. The van der Waals surface area contributed by atoms with Crippen LogP contribution in [0.15, 0.2) is 120 Å². The van der Waals surface area contributed by atoms with Crippen molar-refractivity contribution < 1.29 is 0 Å². The first kappa shape index (κ1) is 22.6. The minimum atomic E-state index is -0.843. The molecule has 0 saturated carbocycles. The Morgan fingerprint density at radius 2 is 1.22 bits per heavy atom. The van der Waals surface area contributed by atoms with E-state index in [0.29, 0.717) is 17.0 Å². The SMILES string of the molecule is Clc1ncc2c(-c3cccc(Br)n3)nn(C(c3ccccc3)(c3ccccc3)c3ccccc3)c2n1. The van der Waals surface area contributed by atoms with Gasteiger partial charge in [0.2, 0.25) is 5.28 Å². The van der Waals surface area contributed by atoms with Gasteiger partial charge in [-0.2, -0.15) is 10.1 Å². The molecule has 174 valence electrons. The smallest absolute Gasteiger partial charge is 0.224 e.